The zero-order valence-corrected chi connectivity index (χ0v) is 11.0. The molecule has 1 aromatic carbocycles. The second-order valence-electron chi connectivity index (χ2n) is 5.27. The highest BCUT2D eigenvalue weighted by atomic mass is 19.1. The molecule has 0 radical (unpaired) electrons. The Bertz CT molecular complexity index is 342. The standard InChI is InChI=1S/C14H22FNO/c1-5-12(16)13(17-14(2,3)4)10-6-8-11(15)9-7-10/h6-9,12-13H,5,16H2,1-4H3. The van der Waals surface area contributed by atoms with Crippen molar-refractivity contribution in [1.29, 1.82) is 0 Å². The van der Waals surface area contributed by atoms with Crippen LogP contribution >= 0.6 is 0 Å². The number of rotatable bonds is 4. The molecule has 0 amide bonds. The lowest BCUT2D eigenvalue weighted by Gasteiger charge is -2.31. The van der Waals surface area contributed by atoms with Crippen LogP contribution in [0.5, 0.6) is 0 Å². The minimum absolute atomic E-state index is 0.0836. The van der Waals surface area contributed by atoms with E-state index in [1.54, 1.807) is 12.1 Å². The molecule has 0 aliphatic rings. The summed E-state index contributed by atoms with van der Waals surface area (Å²) >= 11 is 0. The summed E-state index contributed by atoms with van der Waals surface area (Å²) in [7, 11) is 0. The molecule has 0 fully saturated rings. The first-order valence-electron chi connectivity index (χ1n) is 6.02. The van der Waals surface area contributed by atoms with Gasteiger partial charge in [-0.15, -0.1) is 0 Å². The molecule has 0 saturated heterocycles. The van der Waals surface area contributed by atoms with Crippen LogP contribution < -0.4 is 5.73 Å². The van der Waals surface area contributed by atoms with E-state index >= 15 is 0 Å². The van der Waals surface area contributed by atoms with E-state index in [4.69, 9.17) is 10.5 Å². The van der Waals surface area contributed by atoms with Crippen molar-refractivity contribution in [3.05, 3.63) is 35.6 Å². The maximum atomic E-state index is 12.9. The van der Waals surface area contributed by atoms with Crippen LogP contribution in [-0.2, 0) is 4.74 Å². The van der Waals surface area contributed by atoms with E-state index in [2.05, 4.69) is 0 Å². The van der Waals surface area contributed by atoms with Gasteiger partial charge in [-0.3, -0.25) is 0 Å². The van der Waals surface area contributed by atoms with Gasteiger partial charge in [-0.05, 0) is 44.9 Å². The van der Waals surface area contributed by atoms with Crippen LogP contribution in [0, 0.1) is 5.82 Å². The number of hydrogen-bond donors (Lipinski definition) is 1. The Morgan fingerprint density at radius 2 is 1.76 bits per heavy atom. The molecule has 0 saturated carbocycles. The largest absolute Gasteiger partial charge is 0.366 e. The highest BCUT2D eigenvalue weighted by Gasteiger charge is 2.25. The summed E-state index contributed by atoms with van der Waals surface area (Å²) in [4.78, 5) is 0. The SMILES string of the molecule is CCC(N)C(OC(C)(C)C)c1ccc(F)cc1. The average Bonchev–Trinajstić information content (AvgIpc) is 2.25. The topological polar surface area (TPSA) is 35.2 Å². The molecule has 0 aliphatic carbocycles. The predicted octanol–water partition coefficient (Wildman–Crippen LogP) is 3.42. The smallest absolute Gasteiger partial charge is 0.123 e. The summed E-state index contributed by atoms with van der Waals surface area (Å²) in [5.41, 5.74) is 6.73. The zero-order chi connectivity index (χ0) is 13.1. The van der Waals surface area contributed by atoms with Crippen molar-refractivity contribution in [2.24, 2.45) is 5.73 Å². The molecule has 2 unspecified atom stereocenters. The highest BCUT2D eigenvalue weighted by Crippen LogP contribution is 2.27. The first-order valence-corrected chi connectivity index (χ1v) is 6.02. The van der Waals surface area contributed by atoms with Crippen LogP contribution in [0.2, 0.25) is 0 Å². The van der Waals surface area contributed by atoms with Crippen molar-refractivity contribution in [2.45, 2.75) is 51.9 Å². The Morgan fingerprint density at radius 1 is 1.24 bits per heavy atom. The summed E-state index contributed by atoms with van der Waals surface area (Å²) in [5, 5.41) is 0. The Kier molecular flexibility index (Phi) is 4.66. The van der Waals surface area contributed by atoms with Crippen molar-refractivity contribution < 1.29 is 9.13 Å². The van der Waals surface area contributed by atoms with Crippen molar-refractivity contribution >= 4 is 0 Å². The summed E-state index contributed by atoms with van der Waals surface area (Å²) in [6, 6.07) is 6.27. The van der Waals surface area contributed by atoms with Gasteiger partial charge >= 0.3 is 0 Å². The molecule has 0 heterocycles. The summed E-state index contributed by atoms with van der Waals surface area (Å²) in [6.07, 6.45) is 0.624. The van der Waals surface area contributed by atoms with Crippen molar-refractivity contribution in [1.82, 2.24) is 0 Å². The third-order valence-electron chi connectivity index (χ3n) is 2.54. The van der Waals surface area contributed by atoms with Gasteiger partial charge < -0.3 is 10.5 Å². The van der Waals surface area contributed by atoms with Gasteiger partial charge in [-0.1, -0.05) is 19.1 Å². The third-order valence-corrected chi connectivity index (χ3v) is 2.54. The number of hydrogen-bond acceptors (Lipinski definition) is 2. The van der Waals surface area contributed by atoms with Gasteiger partial charge in [0, 0.05) is 6.04 Å². The lowest BCUT2D eigenvalue weighted by molar-refractivity contribution is -0.0728. The van der Waals surface area contributed by atoms with Gasteiger partial charge in [0.2, 0.25) is 0 Å². The predicted molar refractivity (Wildman–Crippen MR) is 68.2 cm³/mol. The molecule has 2 atom stereocenters. The molecule has 2 N–H and O–H groups in total. The van der Waals surface area contributed by atoms with Crippen LogP contribution in [0.3, 0.4) is 0 Å². The van der Waals surface area contributed by atoms with Crippen LogP contribution in [-0.4, -0.2) is 11.6 Å². The monoisotopic (exact) mass is 239 g/mol. The number of halogens is 1. The third kappa shape index (κ3) is 4.44. The molecule has 0 bridgehead atoms. The molecular weight excluding hydrogens is 217 g/mol. The molecule has 1 aromatic rings. The second-order valence-corrected chi connectivity index (χ2v) is 5.27. The molecule has 3 heteroatoms. The molecule has 96 valence electrons. The van der Waals surface area contributed by atoms with Gasteiger partial charge in [0.25, 0.3) is 0 Å². The van der Waals surface area contributed by atoms with E-state index < -0.39 is 0 Å². The number of benzene rings is 1. The van der Waals surface area contributed by atoms with E-state index in [1.165, 1.54) is 12.1 Å². The Balaban J connectivity index is 2.94. The fraction of sp³-hybridized carbons (Fsp3) is 0.571. The fourth-order valence-corrected chi connectivity index (χ4v) is 1.65. The van der Waals surface area contributed by atoms with E-state index in [0.717, 1.165) is 12.0 Å². The second kappa shape index (κ2) is 5.61. The number of ether oxygens (including phenoxy) is 1. The molecular formula is C14H22FNO. The molecule has 1 rings (SSSR count). The van der Waals surface area contributed by atoms with Gasteiger partial charge in [0.15, 0.2) is 0 Å². The van der Waals surface area contributed by atoms with Gasteiger partial charge in [-0.25, -0.2) is 4.39 Å². The van der Waals surface area contributed by atoms with Crippen molar-refractivity contribution in [2.75, 3.05) is 0 Å². The van der Waals surface area contributed by atoms with Crippen LogP contribution in [0.4, 0.5) is 4.39 Å². The molecule has 2 nitrogen and oxygen atoms in total. The normalized spacial score (nSPS) is 15.6. The molecule has 0 aromatic heterocycles. The molecule has 0 spiro atoms. The van der Waals surface area contributed by atoms with Gasteiger partial charge in [0.05, 0.1) is 11.7 Å². The Morgan fingerprint density at radius 3 is 2.18 bits per heavy atom. The first kappa shape index (κ1) is 14.1. The minimum atomic E-state index is -0.272. The fourth-order valence-electron chi connectivity index (χ4n) is 1.65. The lowest BCUT2D eigenvalue weighted by Crippen LogP contribution is -2.34. The maximum Gasteiger partial charge on any atom is 0.123 e. The van der Waals surface area contributed by atoms with Crippen LogP contribution in [0.1, 0.15) is 45.8 Å². The summed E-state index contributed by atoms with van der Waals surface area (Å²) in [6.45, 7) is 8.00. The zero-order valence-electron chi connectivity index (χ0n) is 11.0. The Hall–Kier alpha value is -0.930. The van der Waals surface area contributed by atoms with Gasteiger partial charge in [0.1, 0.15) is 5.82 Å². The summed E-state index contributed by atoms with van der Waals surface area (Å²) in [5.74, 6) is -0.242. The molecule has 0 aliphatic heterocycles. The molecule has 17 heavy (non-hydrogen) atoms. The van der Waals surface area contributed by atoms with Crippen LogP contribution in [0.25, 0.3) is 0 Å². The minimum Gasteiger partial charge on any atom is -0.366 e. The van der Waals surface area contributed by atoms with Crippen molar-refractivity contribution in [3.63, 3.8) is 0 Å². The van der Waals surface area contributed by atoms with Gasteiger partial charge in [-0.2, -0.15) is 0 Å². The quantitative estimate of drug-likeness (QED) is 0.873. The number of nitrogens with two attached hydrogens (primary N) is 1. The van der Waals surface area contributed by atoms with E-state index in [0.29, 0.717) is 0 Å². The highest BCUT2D eigenvalue weighted by molar-refractivity contribution is 5.20. The summed E-state index contributed by atoms with van der Waals surface area (Å²) < 4.78 is 18.9. The lowest BCUT2D eigenvalue weighted by atomic mass is 9.99. The first-order chi connectivity index (χ1) is 7.83. The Labute approximate surface area is 103 Å². The van der Waals surface area contributed by atoms with Crippen LogP contribution in [0.15, 0.2) is 24.3 Å². The maximum absolute atomic E-state index is 12.9. The average molecular weight is 239 g/mol. The van der Waals surface area contributed by atoms with E-state index in [1.807, 2.05) is 27.7 Å². The van der Waals surface area contributed by atoms with Crippen molar-refractivity contribution in [3.8, 4) is 0 Å². The van der Waals surface area contributed by atoms with E-state index in [-0.39, 0.29) is 23.6 Å². The van der Waals surface area contributed by atoms with E-state index in [9.17, 15) is 4.39 Å².